The molecule has 36 heavy (non-hydrogen) atoms. The van der Waals surface area contributed by atoms with Crippen LogP contribution < -0.4 is 26.6 Å². The van der Waals surface area contributed by atoms with Crippen LogP contribution in [-0.2, 0) is 14.3 Å². The second-order valence-corrected chi connectivity index (χ2v) is 13.0. The van der Waals surface area contributed by atoms with Crippen LogP contribution in [0.4, 0.5) is 0 Å². The largest absolute Gasteiger partial charge is 0.392 e. The number of carbonyl (C=O) groups excluding carboxylic acids is 2. The molecular formula is C24H41ClN6O4S. The summed E-state index contributed by atoms with van der Waals surface area (Å²) in [7, 11) is 1.74. The molecule has 0 aromatic rings. The number of hydrogen-bond acceptors (Lipinski definition) is 9. The molecule has 204 valence electrons. The molecule has 0 aromatic heterocycles. The molecule has 5 aliphatic rings. The van der Waals surface area contributed by atoms with E-state index in [0.29, 0.717) is 51.6 Å². The fourth-order valence-corrected chi connectivity index (χ4v) is 8.42. The van der Waals surface area contributed by atoms with E-state index in [-0.39, 0.29) is 70.1 Å². The molecule has 2 amide bonds. The van der Waals surface area contributed by atoms with E-state index < -0.39 is 0 Å². The first-order chi connectivity index (χ1) is 17.3. The molecule has 0 spiro atoms. The molecule has 11 unspecified atom stereocenters. The van der Waals surface area contributed by atoms with Crippen LogP contribution in [-0.4, -0.2) is 108 Å². The molecule has 0 aliphatic carbocycles. The molecule has 5 aliphatic heterocycles. The summed E-state index contributed by atoms with van der Waals surface area (Å²) in [6.07, 6.45) is 2.74. The Morgan fingerprint density at radius 3 is 2.64 bits per heavy atom. The Labute approximate surface area is 222 Å². The minimum absolute atomic E-state index is 0.0503. The van der Waals surface area contributed by atoms with Crippen LogP contribution in [0.3, 0.4) is 0 Å². The first-order valence-electron chi connectivity index (χ1n) is 13.4. The third-order valence-electron chi connectivity index (χ3n) is 8.73. The normalized spacial score (nSPS) is 45.3. The monoisotopic (exact) mass is 544 g/mol. The summed E-state index contributed by atoms with van der Waals surface area (Å²) in [6.45, 7) is 5.34. The number of likely N-dealkylation sites (tertiary alicyclic amines) is 1. The third-order valence-corrected chi connectivity index (χ3v) is 10.4. The number of carbonyl (C=O) groups is 2. The Hall–Kier alpha value is -0.660. The zero-order valence-electron chi connectivity index (χ0n) is 21.1. The highest BCUT2D eigenvalue weighted by Crippen LogP contribution is 2.38. The molecule has 12 heteroatoms. The maximum Gasteiger partial charge on any atom is 0.239 e. The van der Waals surface area contributed by atoms with Gasteiger partial charge in [-0.15, -0.1) is 23.4 Å². The van der Waals surface area contributed by atoms with Gasteiger partial charge in [-0.3, -0.25) is 20.2 Å². The van der Waals surface area contributed by atoms with Crippen molar-refractivity contribution in [3.05, 3.63) is 0 Å². The number of piperidine rings is 3. The summed E-state index contributed by atoms with van der Waals surface area (Å²) in [5.74, 6) is 0.491. The van der Waals surface area contributed by atoms with Crippen molar-refractivity contribution in [1.82, 2.24) is 31.5 Å². The van der Waals surface area contributed by atoms with Crippen molar-refractivity contribution in [2.24, 2.45) is 17.8 Å². The standard InChI is InChI=1S/C24H41ClN6O4S/c1-12-5-14(15-6-21(25)28-9-19(15)35-2)16(8-26-12)22(33)30-24-29-18-10-31(11-20(18)36-24)23(34)17-4-3-13(32)7-27-17/h12-21,24,26-29,32H,3-11H2,1-2H3,(H,30,33). The van der Waals surface area contributed by atoms with Gasteiger partial charge in [0.15, 0.2) is 0 Å². The lowest BCUT2D eigenvalue weighted by Crippen LogP contribution is -2.57. The Morgan fingerprint density at radius 1 is 1.08 bits per heavy atom. The Balaban J connectivity index is 1.15. The summed E-state index contributed by atoms with van der Waals surface area (Å²) < 4.78 is 5.79. The maximum absolute atomic E-state index is 13.5. The van der Waals surface area contributed by atoms with E-state index in [4.69, 9.17) is 16.3 Å². The number of alkyl halides is 1. The summed E-state index contributed by atoms with van der Waals surface area (Å²) in [6, 6.07) is 0.311. The minimum atomic E-state index is -0.359. The van der Waals surface area contributed by atoms with E-state index in [0.717, 1.165) is 12.8 Å². The molecule has 0 bridgehead atoms. The highest BCUT2D eigenvalue weighted by Gasteiger charge is 2.47. The summed E-state index contributed by atoms with van der Waals surface area (Å²) in [5, 5.41) is 26.7. The number of ether oxygens (including phenoxy) is 1. The number of fused-ring (bicyclic) bond motifs is 1. The van der Waals surface area contributed by atoms with Crippen molar-refractivity contribution in [2.45, 2.75) is 79.2 Å². The smallest absolute Gasteiger partial charge is 0.239 e. The number of β-amino-alcohol motifs (C(OH)–C–C–N with tert-alkyl or cyclic N) is 1. The van der Waals surface area contributed by atoms with Gasteiger partial charge < -0.3 is 30.7 Å². The van der Waals surface area contributed by atoms with Gasteiger partial charge >= 0.3 is 0 Å². The van der Waals surface area contributed by atoms with Crippen LogP contribution in [0, 0.1) is 17.8 Å². The van der Waals surface area contributed by atoms with Gasteiger partial charge in [0.25, 0.3) is 0 Å². The average molecular weight is 545 g/mol. The topological polar surface area (TPSA) is 127 Å². The van der Waals surface area contributed by atoms with Crippen molar-refractivity contribution < 1.29 is 19.4 Å². The number of aliphatic hydroxyl groups excluding tert-OH is 1. The first-order valence-corrected chi connectivity index (χ1v) is 14.8. The lowest BCUT2D eigenvalue weighted by atomic mass is 9.70. The molecular weight excluding hydrogens is 504 g/mol. The Kier molecular flexibility index (Phi) is 8.68. The average Bonchev–Trinajstić information content (AvgIpc) is 3.42. The maximum atomic E-state index is 13.5. The van der Waals surface area contributed by atoms with Gasteiger partial charge in [0.1, 0.15) is 5.50 Å². The predicted molar refractivity (Wildman–Crippen MR) is 139 cm³/mol. The second-order valence-electron chi connectivity index (χ2n) is 11.1. The third kappa shape index (κ3) is 5.83. The Bertz CT molecular complexity index is 791. The summed E-state index contributed by atoms with van der Waals surface area (Å²) >= 11 is 8.17. The zero-order chi connectivity index (χ0) is 25.4. The van der Waals surface area contributed by atoms with Gasteiger partial charge in [-0.25, -0.2) is 0 Å². The number of rotatable bonds is 5. The molecule has 5 heterocycles. The zero-order valence-corrected chi connectivity index (χ0v) is 22.7. The minimum Gasteiger partial charge on any atom is -0.392 e. The molecule has 11 atom stereocenters. The number of nitrogens with zero attached hydrogens (tertiary/aromatic N) is 1. The van der Waals surface area contributed by atoms with Crippen molar-refractivity contribution >= 4 is 35.2 Å². The number of aliphatic hydroxyl groups is 1. The molecule has 6 N–H and O–H groups in total. The van der Waals surface area contributed by atoms with E-state index in [2.05, 4.69) is 33.5 Å². The molecule has 0 saturated carbocycles. The van der Waals surface area contributed by atoms with Gasteiger partial charge in [-0.05, 0) is 44.4 Å². The van der Waals surface area contributed by atoms with E-state index in [9.17, 15) is 14.7 Å². The SMILES string of the molecule is COC1CNC(Cl)CC1C1CC(C)NCC1C(=O)NC1NC2CN(C(=O)C3CCC(O)CN3)CC2S1. The fourth-order valence-electron chi connectivity index (χ4n) is 6.72. The number of amides is 2. The number of thioether (sulfide) groups is 1. The van der Waals surface area contributed by atoms with E-state index in [1.54, 1.807) is 18.9 Å². The highest BCUT2D eigenvalue weighted by molar-refractivity contribution is 8.00. The molecule has 0 radical (unpaired) electrons. The number of nitrogens with one attached hydrogen (secondary N) is 5. The van der Waals surface area contributed by atoms with Gasteiger partial charge in [0, 0.05) is 57.2 Å². The first kappa shape index (κ1) is 26.9. The van der Waals surface area contributed by atoms with Gasteiger partial charge in [0.2, 0.25) is 11.8 Å². The quantitative estimate of drug-likeness (QED) is 0.195. The van der Waals surface area contributed by atoms with Gasteiger partial charge in [-0.1, -0.05) is 0 Å². The number of halogens is 1. The van der Waals surface area contributed by atoms with Crippen molar-refractivity contribution in [1.29, 1.82) is 0 Å². The van der Waals surface area contributed by atoms with Gasteiger partial charge in [0.05, 0.1) is 29.7 Å². The number of hydrogen-bond donors (Lipinski definition) is 6. The van der Waals surface area contributed by atoms with Crippen molar-refractivity contribution in [2.75, 3.05) is 39.8 Å². The van der Waals surface area contributed by atoms with Crippen LogP contribution in [0.1, 0.15) is 32.6 Å². The van der Waals surface area contributed by atoms with Crippen LogP contribution in [0.25, 0.3) is 0 Å². The second kappa shape index (κ2) is 11.6. The summed E-state index contributed by atoms with van der Waals surface area (Å²) in [5.41, 5.74) is -0.249. The Morgan fingerprint density at radius 2 is 1.92 bits per heavy atom. The van der Waals surface area contributed by atoms with E-state index in [1.807, 2.05) is 4.90 Å². The molecule has 0 aromatic carbocycles. The highest BCUT2D eigenvalue weighted by atomic mass is 35.5. The van der Waals surface area contributed by atoms with Crippen LogP contribution in [0.2, 0.25) is 0 Å². The van der Waals surface area contributed by atoms with Crippen LogP contribution >= 0.6 is 23.4 Å². The van der Waals surface area contributed by atoms with Crippen LogP contribution in [0.5, 0.6) is 0 Å². The number of methoxy groups -OCH3 is 1. The molecule has 5 rings (SSSR count). The molecule has 5 fully saturated rings. The van der Waals surface area contributed by atoms with E-state index >= 15 is 0 Å². The van der Waals surface area contributed by atoms with Crippen molar-refractivity contribution in [3.8, 4) is 0 Å². The predicted octanol–water partition coefficient (Wildman–Crippen LogP) is -0.781. The van der Waals surface area contributed by atoms with Crippen LogP contribution in [0.15, 0.2) is 0 Å². The summed E-state index contributed by atoms with van der Waals surface area (Å²) in [4.78, 5) is 28.4. The fraction of sp³-hybridized carbons (Fsp3) is 0.917. The van der Waals surface area contributed by atoms with E-state index in [1.165, 1.54) is 0 Å². The molecule has 10 nitrogen and oxygen atoms in total. The lowest BCUT2D eigenvalue weighted by Gasteiger charge is -2.45. The van der Waals surface area contributed by atoms with Crippen molar-refractivity contribution in [3.63, 3.8) is 0 Å². The molecule has 5 saturated heterocycles. The van der Waals surface area contributed by atoms with Gasteiger partial charge in [-0.2, -0.15) is 0 Å². The lowest BCUT2D eigenvalue weighted by molar-refractivity contribution is -0.134.